The van der Waals surface area contributed by atoms with E-state index in [0.717, 1.165) is 0 Å². The zero-order valence-electron chi connectivity index (χ0n) is 9.82. The van der Waals surface area contributed by atoms with Crippen LogP contribution < -0.4 is 0 Å². The minimum absolute atomic E-state index is 0.0869. The number of rotatable bonds is 4. The van der Waals surface area contributed by atoms with E-state index in [1.165, 1.54) is 12.0 Å². The Morgan fingerprint density at radius 2 is 2.06 bits per heavy atom. The summed E-state index contributed by atoms with van der Waals surface area (Å²) in [6.45, 7) is 3.54. The molecule has 1 fully saturated rings. The first-order valence-corrected chi connectivity index (χ1v) is 5.26. The molecule has 1 amide bonds. The van der Waals surface area contributed by atoms with Gasteiger partial charge in [-0.2, -0.15) is 5.26 Å². The maximum atomic E-state index is 12.0. The highest BCUT2D eigenvalue weighted by Crippen LogP contribution is 2.46. The van der Waals surface area contributed by atoms with Crippen LogP contribution >= 0.6 is 0 Å². The first-order chi connectivity index (χ1) is 7.46. The van der Waals surface area contributed by atoms with E-state index in [2.05, 4.69) is 4.74 Å². The molecule has 0 bridgehead atoms. The zero-order valence-corrected chi connectivity index (χ0v) is 9.82. The van der Waals surface area contributed by atoms with Crippen LogP contribution in [0, 0.1) is 16.7 Å². The molecule has 0 unspecified atom stereocenters. The highest BCUT2D eigenvalue weighted by molar-refractivity contribution is 5.90. The number of hydrogen-bond donors (Lipinski definition) is 0. The Labute approximate surface area is 95.0 Å². The van der Waals surface area contributed by atoms with Crippen molar-refractivity contribution in [3.63, 3.8) is 0 Å². The number of nitriles is 1. The van der Waals surface area contributed by atoms with E-state index < -0.39 is 11.4 Å². The van der Waals surface area contributed by atoms with E-state index in [-0.39, 0.29) is 18.5 Å². The summed E-state index contributed by atoms with van der Waals surface area (Å²) < 4.78 is 4.53. The molecular weight excluding hydrogens is 208 g/mol. The molecule has 16 heavy (non-hydrogen) atoms. The summed E-state index contributed by atoms with van der Waals surface area (Å²) in [7, 11) is 1.28. The molecule has 0 aromatic carbocycles. The van der Waals surface area contributed by atoms with Crippen molar-refractivity contribution < 1.29 is 14.3 Å². The summed E-state index contributed by atoms with van der Waals surface area (Å²) in [6, 6.07) is 1.92. The van der Waals surface area contributed by atoms with E-state index in [0.29, 0.717) is 12.8 Å². The summed E-state index contributed by atoms with van der Waals surface area (Å²) in [6.07, 6.45) is 1.18. The lowest BCUT2D eigenvalue weighted by atomic mass is 10.1. The first-order valence-electron chi connectivity index (χ1n) is 5.26. The van der Waals surface area contributed by atoms with Crippen molar-refractivity contribution in [2.24, 2.45) is 5.41 Å². The minimum atomic E-state index is -0.877. The first kappa shape index (κ1) is 12.5. The third-order valence-electron chi connectivity index (χ3n) is 2.78. The molecule has 0 aromatic heterocycles. The van der Waals surface area contributed by atoms with Crippen LogP contribution in [-0.2, 0) is 14.3 Å². The largest absolute Gasteiger partial charge is 0.468 e. The summed E-state index contributed by atoms with van der Waals surface area (Å²) in [5.74, 6) is -0.716. The maximum absolute atomic E-state index is 12.0. The number of carbonyl (C=O) groups is 2. The number of hydrogen-bond acceptors (Lipinski definition) is 4. The molecule has 1 rings (SSSR count). The molecule has 88 valence electrons. The number of nitrogens with zero attached hydrogens (tertiary/aromatic N) is 2. The average Bonchev–Trinajstić information content (AvgIpc) is 3.05. The van der Waals surface area contributed by atoms with Gasteiger partial charge in [-0.25, -0.2) is 0 Å². The predicted octanol–water partition coefficient (Wildman–Crippen LogP) is 0.700. The third-order valence-corrected chi connectivity index (χ3v) is 2.78. The molecule has 1 aliphatic carbocycles. The summed E-state index contributed by atoms with van der Waals surface area (Å²) in [5.41, 5.74) is -0.877. The van der Waals surface area contributed by atoms with Crippen LogP contribution in [0.25, 0.3) is 0 Å². The van der Waals surface area contributed by atoms with Gasteiger partial charge in [0.15, 0.2) is 0 Å². The van der Waals surface area contributed by atoms with Crippen LogP contribution in [0.15, 0.2) is 0 Å². The van der Waals surface area contributed by atoms with Crippen molar-refractivity contribution in [1.29, 1.82) is 5.26 Å². The Kier molecular flexibility index (Phi) is 3.53. The smallest absolute Gasteiger partial charge is 0.325 e. The summed E-state index contributed by atoms with van der Waals surface area (Å²) in [5, 5.41) is 8.94. The van der Waals surface area contributed by atoms with Crippen LogP contribution in [0.3, 0.4) is 0 Å². The molecule has 1 saturated carbocycles. The third kappa shape index (κ3) is 2.32. The zero-order chi connectivity index (χ0) is 12.3. The van der Waals surface area contributed by atoms with Crippen LogP contribution in [0.4, 0.5) is 0 Å². The molecule has 0 N–H and O–H groups in total. The van der Waals surface area contributed by atoms with Gasteiger partial charge in [0, 0.05) is 6.04 Å². The molecule has 0 spiro atoms. The Bertz CT molecular complexity index is 340. The van der Waals surface area contributed by atoms with Gasteiger partial charge in [0.25, 0.3) is 0 Å². The Balaban J connectivity index is 2.75. The number of methoxy groups -OCH3 is 1. The van der Waals surface area contributed by atoms with Gasteiger partial charge in [-0.1, -0.05) is 0 Å². The number of ether oxygens (including phenoxy) is 1. The van der Waals surface area contributed by atoms with Gasteiger partial charge >= 0.3 is 5.97 Å². The van der Waals surface area contributed by atoms with Gasteiger partial charge in [0.1, 0.15) is 12.0 Å². The Morgan fingerprint density at radius 1 is 1.50 bits per heavy atom. The molecule has 0 heterocycles. The highest BCUT2D eigenvalue weighted by Gasteiger charge is 2.53. The molecule has 0 aliphatic heterocycles. The van der Waals surface area contributed by atoms with Crippen molar-refractivity contribution in [3.8, 4) is 6.07 Å². The predicted molar refractivity (Wildman–Crippen MR) is 56.1 cm³/mol. The maximum Gasteiger partial charge on any atom is 0.325 e. The second-order valence-electron chi connectivity index (χ2n) is 4.30. The van der Waals surface area contributed by atoms with Gasteiger partial charge in [-0.15, -0.1) is 0 Å². The standard InChI is InChI=1S/C11H16N2O3/c1-8(2)13(6-9(14)16-3)10(15)11(7-12)4-5-11/h8H,4-6H2,1-3H3. The topological polar surface area (TPSA) is 70.4 Å². The molecule has 0 saturated heterocycles. The van der Waals surface area contributed by atoms with Gasteiger partial charge in [0.2, 0.25) is 5.91 Å². The fourth-order valence-electron chi connectivity index (χ4n) is 1.47. The van der Waals surface area contributed by atoms with Gasteiger partial charge in [-0.05, 0) is 26.7 Å². The summed E-state index contributed by atoms with van der Waals surface area (Å²) in [4.78, 5) is 24.6. The van der Waals surface area contributed by atoms with Crippen LogP contribution in [0.1, 0.15) is 26.7 Å². The van der Waals surface area contributed by atoms with E-state index in [1.807, 2.05) is 19.9 Å². The van der Waals surface area contributed by atoms with Gasteiger partial charge in [0.05, 0.1) is 13.2 Å². The fraction of sp³-hybridized carbons (Fsp3) is 0.727. The lowest BCUT2D eigenvalue weighted by Gasteiger charge is -2.27. The molecular formula is C11H16N2O3. The average molecular weight is 224 g/mol. The quantitative estimate of drug-likeness (QED) is 0.659. The van der Waals surface area contributed by atoms with E-state index in [1.54, 1.807) is 0 Å². The SMILES string of the molecule is COC(=O)CN(C(=O)C1(C#N)CC1)C(C)C. The van der Waals surface area contributed by atoms with E-state index >= 15 is 0 Å². The lowest BCUT2D eigenvalue weighted by molar-refractivity contribution is -0.149. The van der Waals surface area contributed by atoms with Crippen molar-refractivity contribution in [1.82, 2.24) is 4.90 Å². The lowest BCUT2D eigenvalue weighted by Crippen LogP contribution is -2.44. The Hall–Kier alpha value is -1.57. The molecule has 5 nitrogen and oxygen atoms in total. The van der Waals surface area contributed by atoms with Gasteiger partial charge in [-0.3, -0.25) is 9.59 Å². The van der Waals surface area contributed by atoms with Crippen molar-refractivity contribution in [3.05, 3.63) is 0 Å². The molecule has 0 atom stereocenters. The van der Waals surface area contributed by atoms with Crippen LogP contribution in [0.5, 0.6) is 0 Å². The Morgan fingerprint density at radius 3 is 2.38 bits per heavy atom. The molecule has 0 radical (unpaired) electrons. The van der Waals surface area contributed by atoms with Crippen LogP contribution in [0.2, 0.25) is 0 Å². The number of amides is 1. The highest BCUT2D eigenvalue weighted by atomic mass is 16.5. The van der Waals surface area contributed by atoms with Crippen molar-refractivity contribution in [2.75, 3.05) is 13.7 Å². The van der Waals surface area contributed by atoms with Crippen molar-refractivity contribution in [2.45, 2.75) is 32.7 Å². The molecule has 0 aromatic rings. The molecule has 5 heteroatoms. The minimum Gasteiger partial charge on any atom is -0.468 e. The molecule has 1 aliphatic rings. The second kappa shape index (κ2) is 4.52. The number of carbonyl (C=O) groups excluding carboxylic acids is 2. The second-order valence-corrected chi connectivity index (χ2v) is 4.30. The normalized spacial score (nSPS) is 16.4. The monoisotopic (exact) mass is 224 g/mol. The van der Waals surface area contributed by atoms with E-state index in [4.69, 9.17) is 5.26 Å². The van der Waals surface area contributed by atoms with E-state index in [9.17, 15) is 9.59 Å². The van der Waals surface area contributed by atoms with Crippen molar-refractivity contribution >= 4 is 11.9 Å². The van der Waals surface area contributed by atoms with Gasteiger partial charge < -0.3 is 9.64 Å². The van der Waals surface area contributed by atoms with Crippen LogP contribution in [-0.4, -0.2) is 36.5 Å². The summed E-state index contributed by atoms with van der Waals surface area (Å²) >= 11 is 0. The number of esters is 1. The fourth-order valence-corrected chi connectivity index (χ4v) is 1.47.